The molecule has 2 heterocycles. The minimum Gasteiger partial charge on any atom is -0.496 e. The van der Waals surface area contributed by atoms with Crippen LogP contribution in [0.15, 0.2) is 41.8 Å². The summed E-state index contributed by atoms with van der Waals surface area (Å²) >= 11 is 1.72. The molecule has 1 aliphatic rings. The number of para-hydroxylation sites is 1. The molecule has 128 valence electrons. The minimum absolute atomic E-state index is 0.109. The molecule has 1 atom stereocenters. The maximum atomic E-state index is 12.6. The van der Waals surface area contributed by atoms with E-state index in [4.69, 9.17) is 9.47 Å². The zero-order chi connectivity index (χ0) is 16.8. The molecule has 24 heavy (non-hydrogen) atoms. The lowest BCUT2D eigenvalue weighted by atomic mass is 10.1. The average Bonchev–Trinajstić information content (AvgIpc) is 3.17. The van der Waals surface area contributed by atoms with Crippen molar-refractivity contribution in [2.24, 2.45) is 0 Å². The van der Waals surface area contributed by atoms with Crippen molar-refractivity contribution in [1.29, 1.82) is 0 Å². The first-order valence-electron chi connectivity index (χ1n) is 8.06. The van der Waals surface area contributed by atoms with E-state index in [9.17, 15) is 4.79 Å². The molecule has 1 amide bonds. The number of methoxy groups -OCH3 is 1. The lowest BCUT2D eigenvalue weighted by molar-refractivity contribution is 0.0169. The molecule has 1 aliphatic heterocycles. The number of ether oxygens (including phenoxy) is 2. The Morgan fingerprint density at radius 3 is 2.79 bits per heavy atom. The standard InChI is InChI=1S/C18H22N2O3S/c1-22-16-6-3-2-5-14(16)18(21)19-13-15(17-7-4-12-24-17)20-8-10-23-11-9-20/h2-7,12,15H,8-11,13H2,1H3,(H,19,21)/t15-/m1/s1. The quantitative estimate of drug-likeness (QED) is 0.873. The van der Waals surface area contributed by atoms with Gasteiger partial charge in [0.05, 0.1) is 31.9 Å². The maximum Gasteiger partial charge on any atom is 0.255 e. The predicted octanol–water partition coefficient (Wildman–Crippen LogP) is 2.56. The monoisotopic (exact) mass is 346 g/mol. The van der Waals surface area contributed by atoms with Crippen LogP contribution in [0.3, 0.4) is 0 Å². The van der Waals surface area contributed by atoms with Crippen LogP contribution in [0.5, 0.6) is 5.75 Å². The second kappa shape index (κ2) is 8.28. The highest BCUT2D eigenvalue weighted by atomic mass is 32.1. The van der Waals surface area contributed by atoms with Gasteiger partial charge in [0.15, 0.2) is 0 Å². The van der Waals surface area contributed by atoms with Crippen LogP contribution in [-0.2, 0) is 4.74 Å². The van der Waals surface area contributed by atoms with Crippen LogP contribution in [-0.4, -0.2) is 50.8 Å². The number of hydrogen-bond acceptors (Lipinski definition) is 5. The third-order valence-corrected chi connectivity index (χ3v) is 5.14. The Bertz CT molecular complexity index is 654. The van der Waals surface area contributed by atoms with Crippen LogP contribution in [0.1, 0.15) is 21.3 Å². The van der Waals surface area contributed by atoms with Gasteiger partial charge in [-0.1, -0.05) is 18.2 Å². The fraction of sp³-hybridized carbons (Fsp3) is 0.389. The van der Waals surface area contributed by atoms with E-state index in [0.717, 1.165) is 26.3 Å². The highest BCUT2D eigenvalue weighted by Gasteiger charge is 2.24. The number of rotatable bonds is 6. The fourth-order valence-electron chi connectivity index (χ4n) is 2.90. The number of carbonyl (C=O) groups is 1. The van der Waals surface area contributed by atoms with E-state index in [-0.39, 0.29) is 11.9 Å². The minimum atomic E-state index is -0.109. The first kappa shape index (κ1) is 17.0. The number of morpholine rings is 1. The predicted molar refractivity (Wildman–Crippen MR) is 94.8 cm³/mol. The van der Waals surface area contributed by atoms with Crippen LogP contribution < -0.4 is 10.1 Å². The molecule has 0 bridgehead atoms. The fourth-order valence-corrected chi connectivity index (χ4v) is 3.76. The molecule has 0 aliphatic carbocycles. The van der Waals surface area contributed by atoms with Crippen LogP contribution in [0.25, 0.3) is 0 Å². The average molecular weight is 346 g/mol. The summed E-state index contributed by atoms with van der Waals surface area (Å²) in [4.78, 5) is 16.2. The number of amides is 1. The van der Waals surface area contributed by atoms with Gasteiger partial charge in [-0.25, -0.2) is 0 Å². The van der Waals surface area contributed by atoms with Gasteiger partial charge in [-0.05, 0) is 23.6 Å². The van der Waals surface area contributed by atoms with Gasteiger partial charge in [-0.2, -0.15) is 0 Å². The van der Waals surface area contributed by atoms with Gasteiger partial charge in [-0.15, -0.1) is 11.3 Å². The Morgan fingerprint density at radius 1 is 1.29 bits per heavy atom. The molecule has 2 aromatic rings. The molecule has 1 fully saturated rings. The van der Waals surface area contributed by atoms with Gasteiger partial charge in [0.1, 0.15) is 5.75 Å². The number of nitrogens with one attached hydrogen (secondary N) is 1. The number of nitrogens with zero attached hydrogens (tertiary/aromatic N) is 1. The molecule has 0 saturated carbocycles. The summed E-state index contributed by atoms with van der Waals surface area (Å²) in [6.45, 7) is 3.81. The van der Waals surface area contributed by atoms with Gasteiger partial charge >= 0.3 is 0 Å². The van der Waals surface area contributed by atoms with Crippen molar-refractivity contribution in [2.45, 2.75) is 6.04 Å². The Kier molecular flexibility index (Phi) is 5.85. The lowest BCUT2D eigenvalue weighted by Crippen LogP contribution is -2.43. The normalized spacial score (nSPS) is 16.5. The summed E-state index contributed by atoms with van der Waals surface area (Å²) in [5, 5.41) is 5.14. The van der Waals surface area contributed by atoms with Crippen molar-refractivity contribution < 1.29 is 14.3 Å². The van der Waals surface area contributed by atoms with Crippen LogP contribution in [0.4, 0.5) is 0 Å². The Hall–Kier alpha value is -1.89. The maximum absolute atomic E-state index is 12.6. The van der Waals surface area contributed by atoms with Gasteiger partial charge in [0.2, 0.25) is 0 Å². The first-order valence-corrected chi connectivity index (χ1v) is 8.94. The summed E-state index contributed by atoms with van der Waals surface area (Å²) < 4.78 is 10.7. The van der Waals surface area contributed by atoms with Crippen molar-refractivity contribution in [1.82, 2.24) is 10.2 Å². The zero-order valence-corrected chi connectivity index (χ0v) is 14.6. The molecule has 1 aromatic carbocycles. The summed E-state index contributed by atoms with van der Waals surface area (Å²) in [7, 11) is 1.58. The lowest BCUT2D eigenvalue weighted by Gasteiger charge is -2.34. The van der Waals surface area contributed by atoms with Gasteiger partial charge in [0.25, 0.3) is 5.91 Å². The summed E-state index contributed by atoms with van der Waals surface area (Å²) in [6.07, 6.45) is 0. The first-order chi connectivity index (χ1) is 11.8. The second-order valence-corrected chi connectivity index (χ2v) is 6.57. The number of benzene rings is 1. The molecule has 1 saturated heterocycles. The number of carbonyl (C=O) groups excluding carboxylic acids is 1. The van der Waals surface area contributed by atoms with Crippen molar-refractivity contribution in [3.05, 3.63) is 52.2 Å². The zero-order valence-electron chi connectivity index (χ0n) is 13.7. The highest BCUT2D eigenvalue weighted by molar-refractivity contribution is 7.10. The summed E-state index contributed by atoms with van der Waals surface area (Å²) in [6, 6.07) is 11.6. The Labute approximate surface area is 146 Å². The van der Waals surface area contributed by atoms with Crippen LogP contribution >= 0.6 is 11.3 Å². The highest BCUT2D eigenvalue weighted by Crippen LogP contribution is 2.26. The van der Waals surface area contributed by atoms with E-state index in [0.29, 0.717) is 17.9 Å². The topological polar surface area (TPSA) is 50.8 Å². The largest absolute Gasteiger partial charge is 0.496 e. The van der Waals surface area contributed by atoms with E-state index in [1.165, 1.54) is 4.88 Å². The number of hydrogen-bond donors (Lipinski definition) is 1. The van der Waals surface area contributed by atoms with E-state index in [1.807, 2.05) is 12.1 Å². The molecule has 0 spiro atoms. The molecule has 1 aromatic heterocycles. The molecule has 3 rings (SSSR count). The van der Waals surface area contributed by atoms with E-state index >= 15 is 0 Å². The van der Waals surface area contributed by atoms with Crippen LogP contribution in [0, 0.1) is 0 Å². The van der Waals surface area contributed by atoms with E-state index in [1.54, 1.807) is 30.6 Å². The molecule has 6 heteroatoms. The van der Waals surface area contributed by atoms with Crippen molar-refractivity contribution >= 4 is 17.2 Å². The SMILES string of the molecule is COc1ccccc1C(=O)NC[C@H](c1cccs1)N1CCOCC1. The molecular weight excluding hydrogens is 324 g/mol. The molecule has 0 radical (unpaired) electrons. The van der Waals surface area contributed by atoms with E-state index in [2.05, 4.69) is 27.7 Å². The molecular formula is C18H22N2O3S. The Morgan fingerprint density at radius 2 is 2.08 bits per heavy atom. The van der Waals surface area contributed by atoms with Crippen LogP contribution in [0.2, 0.25) is 0 Å². The number of thiophene rings is 1. The van der Waals surface area contributed by atoms with Crippen molar-refractivity contribution in [2.75, 3.05) is 40.0 Å². The third kappa shape index (κ3) is 3.95. The molecule has 0 unspecified atom stereocenters. The van der Waals surface area contributed by atoms with E-state index < -0.39 is 0 Å². The Balaban J connectivity index is 1.70. The van der Waals surface area contributed by atoms with Gasteiger partial charge in [-0.3, -0.25) is 9.69 Å². The molecule has 1 N–H and O–H groups in total. The smallest absolute Gasteiger partial charge is 0.255 e. The molecule has 5 nitrogen and oxygen atoms in total. The summed E-state index contributed by atoms with van der Waals surface area (Å²) in [5.41, 5.74) is 0.562. The van der Waals surface area contributed by atoms with Gasteiger partial charge < -0.3 is 14.8 Å². The third-order valence-electron chi connectivity index (χ3n) is 4.17. The van der Waals surface area contributed by atoms with Gasteiger partial charge in [0, 0.05) is 24.5 Å². The van der Waals surface area contributed by atoms with Crippen molar-refractivity contribution in [3.63, 3.8) is 0 Å². The second-order valence-electron chi connectivity index (χ2n) is 5.59. The summed E-state index contributed by atoms with van der Waals surface area (Å²) in [5.74, 6) is 0.483. The van der Waals surface area contributed by atoms with Crippen molar-refractivity contribution in [3.8, 4) is 5.75 Å².